The zero-order valence-corrected chi connectivity index (χ0v) is 8.82. The summed E-state index contributed by atoms with van der Waals surface area (Å²) in [5, 5.41) is 0. The second-order valence-corrected chi connectivity index (χ2v) is 3.15. The molecule has 82 valence electrons. The first kappa shape index (κ1) is 11.5. The van der Waals surface area contributed by atoms with Gasteiger partial charge in [0.25, 0.3) is 0 Å². The number of anilines is 1. The van der Waals surface area contributed by atoms with Gasteiger partial charge in [0.05, 0.1) is 6.61 Å². The highest BCUT2D eigenvalue weighted by Crippen LogP contribution is 2.09. The predicted octanol–water partition coefficient (Wildman–Crippen LogP) is 1.47. The highest BCUT2D eigenvalue weighted by molar-refractivity contribution is 5.69. The van der Waals surface area contributed by atoms with Crippen LogP contribution in [0.5, 0.6) is 0 Å². The van der Waals surface area contributed by atoms with Crippen LogP contribution in [0.3, 0.4) is 0 Å². The number of aryl methyl sites for hydroxylation is 1. The largest absolute Gasteiger partial charge is 0.466 e. The second kappa shape index (κ2) is 6.03. The van der Waals surface area contributed by atoms with Gasteiger partial charge in [-0.2, -0.15) is 0 Å². The Kier molecular flexibility index (Phi) is 4.63. The highest BCUT2D eigenvalue weighted by Gasteiger charge is 2.02. The summed E-state index contributed by atoms with van der Waals surface area (Å²) in [4.78, 5) is 11.1. The lowest BCUT2D eigenvalue weighted by Crippen LogP contribution is -2.07. The molecule has 0 atom stereocenters. The minimum atomic E-state index is -0.154. The van der Waals surface area contributed by atoms with Crippen LogP contribution in [0.2, 0.25) is 0 Å². The van der Waals surface area contributed by atoms with Crippen LogP contribution in [-0.2, 0) is 16.0 Å². The lowest BCUT2D eigenvalue weighted by Gasteiger charge is -2.03. The SMILES string of the molecule is CCOC(=O)CCc1ccc(NN)cc1. The Balaban J connectivity index is 2.40. The Labute approximate surface area is 89.4 Å². The Morgan fingerprint density at radius 3 is 2.60 bits per heavy atom. The van der Waals surface area contributed by atoms with Crippen LogP contribution < -0.4 is 11.3 Å². The van der Waals surface area contributed by atoms with Crippen molar-refractivity contribution in [3.05, 3.63) is 29.8 Å². The van der Waals surface area contributed by atoms with Crippen molar-refractivity contribution in [3.8, 4) is 0 Å². The quantitative estimate of drug-likeness (QED) is 0.437. The van der Waals surface area contributed by atoms with Crippen LogP contribution in [-0.4, -0.2) is 12.6 Å². The molecular weight excluding hydrogens is 192 g/mol. The van der Waals surface area contributed by atoms with Crippen molar-refractivity contribution in [2.75, 3.05) is 12.0 Å². The molecule has 0 bridgehead atoms. The molecule has 1 aromatic carbocycles. The Morgan fingerprint density at radius 2 is 2.07 bits per heavy atom. The Hall–Kier alpha value is -1.55. The maximum absolute atomic E-state index is 11.1. The zero-order chi connectivity index (χ0) is 11.1. The molecular formula is C11H16N2O2. The molecule has 0 radical (unpaired) electrons. The van der Waals surface area contributed by atoms with E-state index in [0.29, 0.717) is 19.4 Å². The fourth-order valence-electron chi connectivity index (χ4n) is 1.25. The molecule has 0 fully saturated rings. The maximum Gasteiger partial charge on any atom is 0.306 e. The summed E-state index contributed by atoms with van der Waals surface area (Å²) in [6, 6.07) is 7.63. The van der Waals surface area contributed by atoms with E-state index in [4.69, 9.17) is 10.6 Å². The van der Waals surface area contributed by atoms with Crippen molar-refractivity contribution < 1.29 is 9.53 Å². The molecule has 0 heterocycles. The van der Waals surface area contributed by atoms with Crippen LogP contribution in [0.4, 0.5) is 5.69 Å². The number of hydrogen-bond donors (Lipinski definition) is 2. The first-order valence-corrected chi connectivity index (χ1v) is 4.97. The van der Waals surface area contributed by atoms with E-state index in [9.17, 15) is 4.79 Å². The van der Waals surface area contributed by atoms with E-state index in [-0.39, 0.29) is 5.97 Å². The van der Waals surface area contributed by atoms with Gasteiger partial charge >= 0.3 is 5.97 Å². The summed E-state index contributed by atoms with van der Waals surface area (Å²) in [6.45, 7) is 2.24. The number of esters is 1. The molecule has 0 aliphatic carbocycles. The van der Waals surface area contributed by atoms with E-state index in [1.807, 2.05) is 24.3 Å². The molecule has 0 aliphatic rings. The monoisotopic (exact) mass is 208 g/mol. The van der Waals surface area contributed by atoms with E-state index in [0.717, 1.165) is 11.3 Å². The fraction of sp³-hybridized carbons (Fsp3) is 0.364. The van der Waals surface area contributed by atoms with Gasteiger partial charge in [-0.1, -0.05) is 12.1 Å². The van der Waals surface area contributed by atoms with Crippen molar-refractivity contribution in [1.82, 2.24) is 0 Å². The molecule has 3 N–H and O–H groups in total. The van der Waals surface area contributed by atoms with Crippen molar-refractivity contribution in [2.45, 2.75) is 19.8 Å². The number of carbonyl (C=O) groups excluding carboxylic acids is 1. The van der Waals surface area contributed by atoms with Gasteiger partial charge in [-0.15, -0.1) is 0 Å². The number of hydrogen-bond acceptors (Lipinski definition) is 4. The third-order valence-electron chi connectivity index (χ3n) is 2.04. The van der Waals surface area contributed by atoms with Crippen LogP contribution in [0.15, 0.2) is 24.3 Å². The number of hydrazine groups is 1. The molecule has 4 nitrogen and oxygen atoms in total. The van der Waals surface area contributed by atoms with E-state index in [1.54, 1.807) is 6.92 Å². The summed E-state index contributed by atoms with van der Waals surface area (Å²) in [5.74, 6) is 5.08. The third-order valence-corrected chi connectivity index (χ3v) is 2.04. The summed E-state index contributed by atoms with van der Waals surface area (Å²) < 4.78 is 4.84. The Morgan fingerprint density at radius 1 is 1.40 bits per heavy atom. The third kappa shape index (κ3) is 3.99. The van der Waals surface area contributed by atoms with E-state index in [2.05, 4.69) is 5.43 Å². The number of nitrogen functional groups attached to an aromatic ring is 1. The van der Waals surface area contributed by atoms with Gasteiger partial charge in [-0.25, -0.2) is 0 Å². The number of rotatable bonds is 5. The molecule has 1 aromatic rings. The van der Waals surface area contributed by atoms with Crippen LogP contribution >= 0.6 is 0 Å². The molecule has 0 saturated carbocycles. The first-order chi connectivity index (χ1) is 7.26. The Bertz CT molecular complexity index is 309. The lowest BCUT2D eigenvalue weighted by molar-refractivity contribution is -0.143. The number of benzene rings is 1. The van der Waals surface area contributed by atoms with Gasteiger partial charge in [0, 0.05) is 12.1 Å². The fourth-order valence-corrected chi connectivity index (χ4v) is 1.25. The molecule has 0 amide bonds. The van der Waals surface area contributed by atoms with E-state index >= 15 is 0 Å². The van der Waals surface area contributed by atoms with Crippen LogP contribution in [0.25, 0.3) is 0 Å². The normalized spacial score (nSPS) is 9.73. The van der Waals surface area contributed by atoms with Crippen molar-refractivity contribution in [1.29, 1.82) is 0 Å². The van der Waals surface area contributed by atoms with Crippen molar-refractivity contribution in [3.63, 3.8) is 0 Å². The van der Waals surface area contributed by atoms with Gasteiger partial charge in [0.2, 0.25) is 0 Å². The number of nitrogens with two attached hydrogens (primary N) is 1. The minimum Gasteiger partial charge on any atom is -0.466 e. The van der Waals surface area contributed by atoms with Gasteiger partial charge in [-0.05, 0) is 31.0 Å². The maximum atomic E-state index is 11.1. The van der Waals surface area contributed by atoms with Gasteiger partial charge in [0.15, 0.2) is 0 Å². The topological polar surface area (TPSA) is 64.3 Å². The number of carbonyl (C=O) groups is 1. The molecule has 1 rings (SSSR count). The summed E-state index contributed by atoms with van der Waals surface area (Å²) >= 11 is 0. The zero-order valence-electron chi connectivity index (χ0n) is 8.82. The summed E-state index contributed by atoms with van der Waals surface area (Å²) in [7, 11) is 0. The molecule has 0 aromatic heterocycles. The van der Waals surface area contributed by atoms with Crippen molar-refractivity contribution in [2.24, 2.45) is 5.84 Å². The first-order valence-electron chi connectivity index (χ1n) is 4.97. The van der Waals surface area contributed by atoms with Crippen molar-refractivity contribution >= 4 is 11.7 Å². The molecule has 15 heavy (non-hydrogen) atoms. The lowest BCUT2D eigenvalue weighted by atomic mass is 10.1. The minimum absolute atomic E-state index is 0.154. The molecule has 0 aliphatic heterocycles. The summed E-state index contributed by atoms with van der Waals surface area (Å²) in [6.07, 6.45) is 1.12. The molecule has 0 saturated heterocycles. The average molecular weight is 208 g/mol. The smallest absolute Gasteiger partial charge is 0.306 e. The second-order valence-electron chi connectivity index (χ2n) is 3.15. The van der Waals surface area contributed by atoms with Gasteiger partial charge in [-0.3, -0.25) is 10.6 Å². The van der Waals surface area contributed by atoms with Gasteiger partial charge < -0.3 is 10.2 Å². The standard InChI is InChI=1S/C11H16N2O2/c1-2-15-11(14)8-5-9-3-6-10(13-12)7-4-9/h3-4,6-7,13H,2,5,8,12H2,1H3. The van der Waals surface area contributed by atoms with E-state index in [1.165, 1.54) is 0 Å². The van der Waals surface area contributed by atoms with Gasteiger partial charge in [0.1, 0.15) is 0 Å². The number of nitrogens with one attached hydrogen (secondary N) is 1. The molecule has 4 heteroatoms. The number of ether oxygens (including phenoxy) is 1. The summed E-state index contributed by atoms with van der Waals surface area (Å²) in [5.41, 5.74) is 4.50. The van der Waals surface area contributed by atoms with Crippen LogP contribution in [0, 0.1) is 0 Å². The highest BCUT2D eigenvalue weighted by atomic mass is 16.5. The predicted molar refractivity (Wildman–Crippen MR) is 59.2 cm³/mol. The molecule has 0 spiro atoms. The van der Waals surface area contributed by atoms with Crippen LogP contribution in [0.1, 0.15) is 18.9 Å². The van der Waals surface area contributed by atoms with E-state index < -0.39 is 0 Å². The molecule has 0 unspecified atom stereocenters. The average Bonchev–Trinajstić information content (AvgIpc) is 2.27.